The van der Waals surface area contributed by atoms with Crippen LogP contribution >= 0.6 is 0 Å². The Bertz CT molecular complexity index is 889. The maximum atomic E-state index is 12.2. The molecule has 1 fully saturated rings. The van der Waals surface area contributed by atoms with Gasteiger partial charge in [0.2, 0.25) is 10.0 Å². The van der Waals surface area contributed by atoms with Gasteiger partial charge in [-0.2, -0.15) is 0 Å². The average Bonchev–Trinajstić information content (AvgIpc) is 3.23. The van der Waals surface area contributed by atoms with Gasteiger partial charge in [0.15, 0.2) is 0 Å². The number of nitrogens with zero attached hydrogens (tertiary/aromatic N) is 3. The number of rotatable bonds is 6. The minimum absolute atomic E-state index is 0.000237. The highest BCUT2D eigenvalue weighted by Crippen LogP contribution is 2.31. The van der Waals surface area contributed by atoms with Crippen LogP contribution in [0.25, 0.3) is 11.4 Å². The van der Waals surface area contributed by atoms with E-state index >= 15 is 0 Å². The quantitative estimate of drug-likeness (QED) is 0.812. The summed E-state index contributed by atoms with van der Waals surface area (Å²) in [6.45, 7) is 0.775. The zero-order valence-corrected chi connectivity index (χ0v) is 15.4. The molecule has 0 bridgehead atoms. The Hall–Kier alpha value is -2.23. The Balaban J connectivity index is 1.88. The molecule has 0 amide bonds. The lowest BCUT2D eigenvalue weighted by Crippen LogP contribution is -2.32. The largest absolute Gasteiger partial charge is 0.478 e. The van der Waals surface area contributed by atoms with Crippen LogP contribution in [-0.4, -0.2) is 66.4 Å². The van der Waals surface area contributed by atoms with Crippen LogP contribution < -0.4 is 0 Å². The number of aromatic carboxylic acids is 1. The third-order valence-corrected chi connectivity index (χ3v) is 6.52. The molecule has 0 unspecified atom stereocenters. The molecule has 1 aromatic heterocycles. The van der Waals surface area contributed by atoms with Gasteiger partial charge in [-0.25, -0.2) is 22.5 Å². The second kappa shape index (κ2) is 7.18. The van der Waals surface area contributed by atoms with Crippen LogP contribution in [0.3, 0.4) is 0 Å². The zero-order chi connectivity index (χ0) is 18.9. The molecule has 140 valence electrons. The van der Waals surface area contributed by atoms with Crippen LogP contribution in [0.5, 0.6) is 0 Å². The summed E-state index contributed by atoms with van der Waals surface area (Å²) in [6, 6.07) is 6.29. The molecule has 26 heavy (non-hydrogen) atoms. The molecule has 0 spiro atoms. The number of sulfonamides is 1. The van der Waals surface area contributed by atoms with Crippen LogP contribution in [0.1, 0.15) is 16.4 Å². The minimum atomic E-state index is -3.34. The number of benzene rings is 1. The molecule has 2 heterocycles. The molecule has 1 aliphatic heterocycles. The first kappa shape index (κ1) is 18.6. The fraction of sp³-hybridized carbons (Fsp3) is 0.412. The van der Waals surface area contributed by atoms with Crippen molar-refractivity contribution in [3.63, 3.8) is 0 Å². The van der Waals surface area contributed by atoms with E-state index in [2.05, 4.69) is 4.98 Å². The Morgan fingerprint density at radius 1 is 1.31 bits per heavy atom. The van der Waals surface area contributed by atoms with Crippen LogP contribution in [-0.2, 0) is 14.8 Å². The number of carbonyl (C=O) groups is 1. The van der Waals surface area contributed by atoms with Gasteiger partial charge in [-0.05, 0) is 12.1 Å². The Kier molecular flexibility index (Phi) is 5.12. The van der Waals surface area contributed by atoms with Crippen molar-refractivity contribution in [2.24, 2.45) is 5.92 Å². The van der Waals surface area contributed by atoms with Crippen LogP contribution in [0.2, 0.25) is 0 Å². The molecule has 1 aromatic carbocycles. The van der Waals surface area contributed by atoms with E-state index in [1.807, 2.05) is 4.57 Å². The lowest BCUT2D eigenvalue weighted by atomic mass is 10.1. The fourth-order valence-corrected chi connectivity index (χ4v) is 4.20. The smallest absolute Gasteiger partial charge is 0.335 e. The molecule has 2 aromatic rings. The molecule has 1 saturated heterocycles. The average molecular weight is 379 g/mol. The van der Waals surface area contributed by atoms with Crippen molar-refractivity contribution in [3.05, 3.63) is 42.2 Å². The van der Waals surface area contributed by atoms with E-state index in [0.717, 1.165) is 5.56 Å². The fourth-order valence-electron chi connectivity index (χ4n) is 3.04. The number of hydrogen-bond donors (Lipinski definition) is 1. The summed E-state index contributed by atoms with van der Waals surface area (Å²) in [7, 11) is -0.303. The van der Waals surface area contributed by atoms with Crippen molar-refractivity contribution in [1.82, 2.24) is 13.9 Å². The van der Waals surface area contributed by atoms with Crippen molar-refractivity contribution in [3.8, 4) is 11.4 Å². The third-order valence-electron chi connectivity index (χ3n) is 4.56. The summed E-state index contributed by atoms with van der Waals surface area (Å²) in [5, 5.41) is 9.02. The summed E-state index contributed by atoms with van der Waals surface area (Å²) < 4.78 is 33.2. The molecule has 8 nitrogen and oxygen atoms in total. The Labute approximate surface area is 152 Å². The van der Waals surface area contributed by atoms with Gasteiger partial charge >= 0.3 is 5.97 Å². The maximum absolute atomic E-state index is 12.2. The molecule has 0 radical (unpaired) electrons. The molecular formula is C17H21N3O5S. The van der Waals surface area contributed by atoms with E-state index in [-0.39, 0.29) is 23.3 Å². The van der Waals surface area contributed by atoms with Gasteiger partial charge in [0.05, 0.1) is 30.6 Å². The van der Waals surface area contributed by atoms with Gasteiger partial charge in [-0.3, -0.25) is 0 Å². The summed E-state index contributed by atoms with van der Waals surface area (Å²) in [4.78, 5) is 15.4. The molecule has 3 rings (SSSR count). The number of hydrogen-bond acceptors (Lipinski definition) is 5. The lowest BCUT2D eigenvalue weighted by Gasteiger charge is -2.22. The first-order chi connectivity index (χ1) is 12.3. The SMILES string of the molecule is CN(C)S(=O)(=O)C[C@@H]1COC[C@H]1n1ccnc1-c1ccc(C(=O)O)cc1. The molecule has 1 aliphatic rings. The Morgan fingerprint density at radius 3 is 2.62 bits per heavy atom. The summed E-state index contributed by atoms with van der Waals surface area (Å²) >= 11 is 0. The highest BCUT2D eigenvalue weighted by atomic mass is 32.2. The topological polar surface area (TPSA) is 102 Å². The van der Waals surface area contributed by atoms with Crippen LogP contribution in [0.4, 0.5) is 0 Å². The molecule has 1 N–H and O–H groups in total. The van der Waals surface area contributed by atoms with Gasteiger partial charge < -0.3 is 14.4 Å². The predicted octanol–water partition coefficient (Wildman–Crippen LogP) is 1.33. The van der Waals surface area contributed by atoms with Gasteiger partial charge in [0, 0.05) is 38.0 Å². The first-order valence-corrected chi connectivity index (χ1v) is 9.75. The normalized spacial score (nSPS) is 20.6. The Morgan fingerprint density at radius 2 is 2.00 bits per heavy atom. The lowest BCUT2D eigenvalue weighted by molar-refractivity contribution is 0.0697. The number of ether oxygens (including phenoxy) is 1. The van der Waals surface area contributed by atoms with Crippen molar-refractivity contribution >= 4 is 16.0 Å². The third kappa shape index (κ3) is 3.64. The summed E-state index contributed by atoms with van der Waals surface area (Å²) in [5.41, 5.74) is 0.965. The van der Waals surface area contributed by atoms with E-state index in [4.69, 9.17) is 9.84 Å². The van der Waals surface area contributed by atoms with Gasteiger partial charge in [-0.1, -0.05) is 12.1 Å². The monoisotopic (exact) mass is 379 g/mol. The standard InChI is InChI=1S/C17H21N3O5S/c1-19(2)26(23,24)11-14-9-25-10-15(14)20-8-7-18-16(20)12-3-5-13(6-4-12)17(21)22/h3-8,14-15H,9-11H2,1-2H3,(H,21,22)/t14-,15+/m0/s1. The number of carboxylic acids is 1. The zero-order valence-electron chi connectivity index (χ0n) is 14.6. The van der Waals surface area contributed by atoms with E-state index in [9.17, 15) is 13.2 Å². The van der Waals surface area contributed by atoms with E-state index in [1.54, 1.807) is 24.5 Å². The highest BCUT2D eigenvalue weighted by molar-refractivity contribution is 7.89. The number of carboxylic acid groups (broad SMARTS) is 1. The van der Waals surface area contributed by atoms with Crippen LogP contribution in [0.15, 0.2) is 36.7 Å². The first-order valence-electron chi connectivity index (χ1n) is 8.14. The minimum Gasteiger partial charge on any atom is -0.478 e. The number of imidazole rings is 1. The number of aromatic nitrogens is 2. The van der Waals surface area contributed by atoms with Gasteiger partial charge in [-0.15, -0.1) is 0 Å². The van der Waals surface area contributed by atoms with Crippen molar-refractivity contribution in [2.75, 3.05) is 33.1 Å². The van der Waals surface area contributed by atoms with E-state index in [1.165, 1.54) is 30.5 Å². The molecule has 9 heteroatoms. The van der Waals surface area contributed by atoms with Crippen molar-refractivity contribution < 1.29 is 23.1 Å². The molecule has 0 aliphatic carbocycles. The predicted molar refractivity (Wildman–Crippen MR) is 95.4 cm³/mol. The molecule has 2 atom stereocenters. The van der Waals surface area contributed by atoms with Gasteiger partial charge in [0.1, 0.15) is 5.82 Å². The summed E-state index contributed by atoms with van der Waals surface area (Å²) in [6.07, 6.45) is 3.45. The van der Waals surface area contributed by atoms with E-state index < -0.39 is 16.0 Å². The summed E-state index contributed by atoms with van der Waals surface area (Å²) in [5.74, 6) is -0.517. The molecular weight excluding hydrogens is 358 g/mol. The van der Waals surface area contributed by atoms with Crippen LogP contribution in [0, 0.1) is 5.92 Å². The highest BCUT2D eigenvalue weighted by Gasteiger charge is 2.35. The molecule has 0 saturated carbocycles. The van der Waals surface area contributed by atoms with Crippen molar-refractivity contribution in [1.29, 1.82) is 0 Å². The maximum Gasteiger partial charge on any atom is 0.335 e. The van der Waals surface area contributed by atoms with Crippen molar-refractivity contribution in [2.45, 2.75) is 6.04 Å². The van der Waals surface area contributed by atoms with E-state index in [0.29, 0.717) is 19.0 Å². The second-order valence-electron chi connectivity index (χ2n) is 6.47. The van der Waals surface area contributed by atoms with Gasteiger partial charge in [0.25, 0.3) is 0 Å². The second-order valence-corrected chi connectivity index (χ2v) is 8.69.